The summed E-state index contributed by atoms with van der Waals surface area (Å²) in [6, 6.07) is 10.9. The van der Waals surface area contributed by atoms with E-state index in [0.29, 0.717) is 11.1 Å². The standard InChI is InChI=1S/C14H8FN2O/c15-11-4-2-1-3-10(11)14(18)9-5-6-12-13(7-9)17-8-16-12/h1-7H,(H,16,17). The monoisotopic (exact) mass is 239 g/mol. The normalized spacial score (nSPS) is 10.7. The van der Waals surface area contributed by atoms with Crippen LogP contribution in [0.25, 0.3) is 11.0 Å². The minimum atomic E-state index is -0.517. The second-order valence-electron chi connectivity index (χ2n) is 3.89. The van der Waals surface area contributed by atoms with E-state index in [4.69, 9.17) is 0 Å². The van der Waals surface area contributed by atoms with Gasteiger partial charge in [0.25, 0.3) is 0 Å². The summed E-state index contributed by atoms with van der Waals surface area (Å²) in [5, 5.41) is 0. The maximum Gasteiger partial charge on any atom is 0.196 e. The van der Waals surface area contributed by atoms with E-state index < -0.39 is 5.82 Å². The van der Waals surface area contributed by atoms with Crippen molar-refractivity contribution < 1.29 is 9.18 Å². The van der Waals surface area contributed by atoms with E-state index in [2.05, 4.69) is 16.3 Å². The molecule has 0 fully saturated rings. The number of aromatic amines is 1. The number of hydrogen-bond donors (Lipinski definition) is 1. The highest BCUT2D eigenvalue weighted by Gasteiger charge is 2.13. The maximum absolute atomic E-state index is 13.5. The molecule has 0 aliphatic heterocycles. The van der Waals surface area contributed by atoms with Gasteiger partial charge in [-0.15, -0.1) is 0 Å². The lowest BCUT2D eigenvalue weighted by atomic mass is 10.0. The molecule has 3 aromatic rings. The van der Waals surface area contributed by atoms with Crippen LogP contribution in [0.3, 0.4) is 0 Å². The number of nitrogens with zero attached hydrogens (tertiary/aromatic N) is 1. The molecule has 2 aromatic carbocycles. The van der Waals surface area contributed by atoms with E-state index in [9.17, 15) is 9.18 Å². The number of nitrogens with one attached hydrogen (secondary N) is 1. The van der Waals surface area contributed by atoms with E-state index in [1.165, 1.54) is 12.1 Å². The van der Waals surface area contributed by atoms with Crippen LogP contribution in [0.4, 0.5) is 4.39 Å². The lowest BCUT2D eigenvalue weighted by Crippen LogP contribution is -2.03. The molecule has 0 aliphatic rings. The molecule has 0 atom stereocenters. The van der Waals surface area contributed by atoms with Crippen molar-refractivity contribution in [3.63, 3.8) is 0 Å². The summed E-state index contributed by atoms with van der Waals surface area (Å²) >= 11 is 0. The molecule has 18 heavy (non-hydrogen) atoms. The average molecular weight is 239 g/mol. The van der Waals surface area contributed by atoms with E-state index in [-0.39, 0.29) is 11.3 Å². The van der Waals surface area contributed by atoms with Gasteiger partial charge in [-0.1, -0.05) is 12.1 Å². The van der Waals surface area contributed by atoms with E-state index in [1.54, 1.807) is 30.3 Å². The minimum Gasteiger partial charge on any atom is -0.335 e. The third kappa shape index (κ3) is 1.68. The van der Waals surface area contributed by atoms with Crippen LogP contribution in [0.15, 0.2) is 42.5 Å². The zero-order chi connectivity index (χ0) is 12.5. The van der Waals surface area contributed by atoms with Crippen molar-refractivity contribution in [1.29, 1.82) is 0 Å². The molecular weight excluding hydrogens is 231 g/mol. The summed E-state index contributed by atoms with van der Waals surface area (Å²) in [5.74, 6) is -0.866. The first kappa shape index (κ1) is 10.7. The summed E-state index contributed by atoms with van der Waals surface area (Å²) in [6.07, 6.45) is 2.59. The SMILES string of the molecule is O=C(c1ccc2[nH][c]nc2c1)c1ccccc1F. The maximum atomic E-state index is 13.5. The van der Waals surface area contributed by atoms with Gasteiger partial charge in [0, 0.05) is 5.56 Å². The predicted molar refractivity (Wildman–Crippen MR) is 64.8 cm³/mol. The summed E-state index contributed by atoms with van der Waals surface area (Å²) < 4.78 is 13.5. The van der Waals surface area contributed by atoms with Crippen molar-refractivity contribution in [2.45, 2.75) is 0 Å². The van der Waals surface area contributed by atoms with Crippen molar-refractivity contribution in [2.24, 2.45) is 0 Å². The number of imidazole rings is 1. The summed E-state index contributed by atoms with van der Waals surface area (Å²) in [5.41, 5.74) is 1.90. The quantitative estimate of drug-likeness (QED) is 0.699. The van der Waals surface area contributed by atoms with Gasteiger partial charge >= 0.3 is 0 Å². The number of carbonyl (C=O) groups excluding carboxylic acids is 1. The van der Waals surface area contributed by atoms with Crippen LogP contribution >= 0.6 is 0 Å². The van der Waals surface area contributed by atoms with Gasteiger partial charge in [-0.3, -0.25) is 4.79 Å². The number of halogens is 1. The zero-order valence-corrected chi connectivity index (χ0v) is 9.27. The Labute approximate surface area is 102 Å². The fourth-order valence-electron chi connectivity index (χ4n) is 1.82. The lowest BCUT2D eigenvalue weighted by molar-refractivity contribution is 0.103. The summed E-state index contributed by atoms with van der Waals surface area (Å²) in [7, 11) is 0. The van der Waals surface area contributed by atoms with Crippen LogP contribution in [-0.4, -0.2) is 15.8 Å². The predicted octanol–water partition coefficient (Wildman–Crippen LogP) is 2.73. The highest BCUT2D eigenvalue weighted by molar-refractivity contribution is 6.10. The fourth-order valence-corrected chi connectivity index (χ4v) is 1.82. The second-order valence-corrected chi connectivity index (χ2v) is 3.89. The van der Waals surface area contributed by atoms with E-state index in [1.807, 2.05) is 0 Å². The summed E-state index contributed by atoms with van der Waals surface area (Å²) in [4.78, 5) is 18.9. The molecular formula is C14H8FN2O. The number of rotatable bonds is 2. The average Bonchev–Trinajstić information content (AvgIpc) is 2.85. The number of ketones is 1. The molecule has 0 unspecified atom stereocenters. The molecule has 3 nitrogen and oxygen atoms in total. The van der Waals surface area contributed by atoms with Gasteiger partial charge in [-0.2, -0.15) is 0 Å². The lowest BCUT2D eigenvalue weighted by Gasteiger charge is -2.02. The van der Waals surface area contributed by atoms with Crippen molar-refractivity contribution >= 4 is 16.8 Å². The molecule has 4 heteroatoms. The molecule has 1 aromatic heterocycles. The number of carbonyl (C=O) groups is 1. The third-order valence-corrected chi connectivity index (χ3v) is 2.75. The molecule has 1 heterocycles. The number of H-pyrrole nitrogens is 1. The Bertz CT molecular complexity index is 733. The van der Waals surface area contributed by atoms with Gasteiger partial charge in [-0.25, -0.2) is 9.37 Å². The molecule has 0 spiro atoms. The molecule has 0 amide bonds. The zero-order valence-electron chi connectivity index (χ0n) is 9.27. The van der Waals surface area contributed by atoms with E-state index in [0.717, 1.165) is 5.52 Å². The van der Waals surface area contributed by atoms with Crippen LogP contribution in [0.5, 0.6) is 0 Å². The first-order valence-electron chi connectivity index (χ1n) is 5.41. The first-order chi connectivity index (χ1) is 8.75. The van der Waals surface area contributed by atoms with Gasteiger partial charge in [0.2, 0.25) is 0 Å². The molecule has 0 saturated carbocycles. The van der Waals surface area contributed by atoms with Gasteiger partial charge in [0.1, 0.15) is 5.82 Å². The first-order valence-corrected chi connectivity index (χ1v) is 5.41. The summed E-state index contributed by atoms with van der Waals surface area (Å²) in [6.45, 7) is 0. The minimum absolute atomic E-state index is 0.0661. The Balaban J connectivity index is 2.09. The van der Waals surface area contributed by atoms with E-state index >= 15 is 0 Å². The Morgan fingerprint density at radius 3 is 2.89 bits per heavy atom. The smallest absolute Gasteiger partial charge is 0.196 e. The molecule has 1 N–H and O–H groups in total. The highest BCUT2D eigenvalue weighted by Crippen LogP contribution is 2.17. The molecule has 1 radical (unpaired) electrons. The number of benzene rings is 2. The Hall–Kier alpha value is -2.49. The van der Waals surface area contributed by atoms with Crippen molar-refractivity contribution in [3.05, 3.63) is 65.7 Å². The molecule has 3 rings (SSSR count). The molecule has 0 aliphatic carbocycles. The van der Waals surface area contributed by atoms with Gasteiger partial charge < -0.3 is 4.98 Å². The van der Waals surface area contributed by atoms with Crippen LogP contribution in [0, 0.1) is 12.1 Å². The van der Waals surface area contributed by atoms with Crippen LogP contribution in [0.1, 0.15) is 15.9 Å². The number of aromatic nitrogens is 2. The molecule has 87 valence electrons. The number of hydrogen-bond acceptors (Lipinski definition) is 2. The van der Waals surface area contributed by atoms with Crippen molar-refractivity contribution in [3.8, 4) is 0 Å². The van der Waals surface area contributed by atoms with Crippen molar-refractivity contribution in [2.75, 3.05) is 0 Å². The fraction of sp³-hybridized carbons (Fsp3) is 0. The van der Waals surface area contributed by atoms with Gasteiger partial charge in [0.15, 0.2) is 12.1 Å². The third-order valence-electron chi connectivity index (χ3n) is 2.75. The van der Waals surface area contributed by atoms with Crippen molar-refractivity contribution in [1.82, 2.24) is 9.97 Å². The molecule has 0 saturated heterocycles. The molecule has 0 bridgehead atoms. The van der Waals surface area contributed by atoms with Crippen LogP contribution in [0.2, 0.25) is 0 Å². The van der Waals surface area contributed by atoms with Gasteiger partial charge in [0.05, 0.1) is 16.6 Å². The van der Waals surface area contributed by atoms with Crippen LogP contribution in [-0.2, 0) is 0 Å². The number of fused-ring (bicyclic) bond motifs is 1. The second kappa shape index (κ2) is 4.07. The van der Waals surface area contributed by atoms with Gasteiger partial charge in [-0.05, 0) is 30.3 Å². The largest absolute Gasteiger partial charge is 0.335 e. The Morgan fingerprint density at radius 2 is 2.06 bits per heavy atom. The van der Waals surface area contributed by atoms with Crippen LogP contribution < -0.4 is 0 Å². The highest BCUT2D eigenvalue weighted by atomic mass is 19.1. The topological polar surface area (TPSA) is 45.8 Å². The Kier molecular flexibility index (Phi) is 2.41. The Morgan fingerprint density at radius 1 is 1.22 bits per heavy atom.